The van der Waals surface area contributed by atoms with Crippen molar-refractivity contribution in [2.24, 2.45) is 5.73 Å². The Bertz CT molecular complexity index is 370. The molecule has 3 heteroatoms. The number of benzene rings is 1. The van der Waals surface area contributed by atoms with Crippen molar-refractivity contribution in [2.75, 3.05) is 25.1 Å². The second-order valence-corrected chi connectivity index (χ2v) is 4.71. The van der Waals surface area contributed by atoms with Gasteiger partial charge in [-0.3, -0.25) is 0 Å². The van der Waals surface area contributed by atoms with Gasteiger partial charge in [-0.1, -0.05) is 18.2 Å². The van der Waals surface area contributed by atoms with Crippen LogP contribution in [0.15, 0.2) is 18.2 Å². The Morgan fingerprint density at radius 3 is 2.65 bits per heavy atom. The predicted octanol–water partition coefficient (Wildman–Crippen LogP) is 2.07. The molecule has 0 bridgehead atoms. The second-order valence-electron chi connectivity index (χ2n) is 4.71. The average molecular weight is 234 g/mol. The van der Waals surface area contributed by atoms with Gasteiger partial charge in [0.25, 0.3) is 0 Å². The SMILES string of the molecule is COC1CCN(c2c(C)cccc2CN)CC1. The number of piperidine rings is 1. The van der Waals surface area contributed by atoms with Crippen LogP contribution in [0.1, 0.15) is 24.0 Å². The fraction of sp³-hybridized carbons (Fsp3) is 0.571. The minimum Gasteiger partial charge on any atom is -0.381 e. The zero-order valence-electron chi connectivity index (χ0n) is 10.8. The molecule has 94 valence electrons. The van der Waals surface area contributed by atoms with E-state index in [0.717, 1.165) is 25.9 Å². The van der Waals surface area contributed by atoms with Gasteiger partial charge in [-0.05, 0) is 30.9 Å². The highest BCUT2D eigenvalue weighted by atomic mass is 16.5. The molecule has 0 aromatic heterocycles. The van der Waals surface area contributed by atoms with E-state index >= 15 is 0 Å². The van der Waals surface area contributed by atoms with Crippen LogP contribution >= 0.6 is 0 Å². The van der Waals surface area contributed by atoms with Crippen molar-refractivity contribution in [3.05, 3.63) is 29.3 Å². The summed E-state index contributed by atoms with van der Waals surface area (Å²) in [5, 5.41) is 0. The third kappa shape index (κ3) is 2.61. The minimum atomic E-state index is 0.427. The van der Waals surface area contributed by atoms with Gasteiger partial charge in [-0.25, -0.2) is 0 Å². The fourth-order valence-corrected chi connectivity index (χ4v) is 2.65. The zero-order valence-corrected chi connectivity index (χ0v) is 10.8. The first kappa shape index (κ1) is 12.4. The molecule has 2 rings (SSSR count). The van der Waals surface area contributed by atoms with Crippen LogP contribution in [0.3, 0.4) is 0 Å². The molecule has 1 aromatic carbocycles. The summed E-state index contributed by atoms with van der Waals surface area (Å²) in [6.07, 6.45) is 2.64. The third-order valence-electron chi connectivity index (χ3n) is 3.63. The molecule has 0 saturated carbocycles. The summed E-state index contributed by atoms with van der Waals surface area (Å²) in [6.45, 7) is 4.91. The lowest BCUT2D eigenvalue weighted by molar-refractivity contribution is 0.0819. The van der Waals surface area contributed by atoms with E-state index < -0.39 is 0 Å². The molecule has 0 unspecified atom stereocenters. The molecular weight excluding hydrogens is 212 g/mol. The third-order valence-corrected chi connectivity index (χ3v) is 3.63. The maximum atomic E-state index is 5.83. The lowest BCUT2D eigenvalue weighted by Gasteiger charge is -2.35. The number of anilines is 1. The van der Waals surface area contributed by atoms with Crippen LogP contribution in [0.4, 0.5) is 5.69 Å². The Kier molecular flexibility index (Phi) is 4.02. The van der Waals surface area contributed by atoms with Gasteiger partial charge in [0.1, 0.15) is 0 Å². The highest BCUT2D eigenvalue weighted by Crippen LogP contribution is 2.28. The topological polar surface area (TPSA) is 38.5 Å². The van der Waals surface area contributed by atoms with Crippen molar-refractivity contribution in [3.8, 4) is 0 Å². The van der Waals surface area contributed by atoms with E-state index in [4.69, 9.17) is 10.5 Å². The molecule has 0 amide bonds. The molecule has 1 saturated heterocycles. The van der Waals surface area contributed by atoms with Crippen molar-refractivity contribution >= 4 is 5.69 Å². The first-order chi connectivity index (χ1) is 8.26. The van der Waals surface area contributed by atoms with E-state index in [1.165, 1.54) is 16.8 Å². The van der Waals surface area contributed by atoms with Gasteiger partial charge in [0, 0.05) is 32.4 Å². The smallest absolute Gasteiger partial charge is 0.0605 e. The largest absolute Gasteiger partial charge is 0.381 e. The van der Waals surface area contributed by atoms with Gasteiger partial charge < -0.3 is 15.4 Å². The fourth-order valence-electron chi connectivity index (χ4n) is 2.65. The maximum absolute atomic E-state index is 5.83. The van der Waals surface area contributed by atoms with E-state index in [9.17, 15) is 0 Å². The molecular formula is C14H22N2O. The molecule has 0 spiro atoms. The van der Waals surface area contributed by atoms with E-state index in [-0.39, 0.29) is 0 Å². The molecule has 0 aliphatic carbocycles. The highest BCUT2D eigenvalue weighted by Gasteiger charge is 2.21. The number of hydrogen-bond donors (Lipinski definition) is 1. The lowest BCUT2D eigenvalue weighted by atomic mass is 10.0. The minimum absolute atomic E-state index is 0.427. The summed E-state index contributed by atoms with van der Waals surface area (Å²) in [4.78, 5) is 2.45. The summed E-state index contributed by atoms with van der Waals surface area (Å²) in [5.74, 6) is 0. The molecule has 1 fully saturated rings. The molecule has 1 aliphatic rings. The first-order valence-electron chi connectivity index (χ1n) is 6.32. The summed E-state index contributed by atoms with van der Waals surface area (Å²) >= 11 is 0. The van der Waals surface area contributed by atoms with Crippen LogP contribution in [-0.4, -0.2) is 26.3 Å². The van der Waals surface area contributed by atoms with Gasteiger partial charge in [-0.2, -0.15) is 0 Å². The van der Waals surface area contributed by atoms with Crippen LogP contribution < -0.4 is 10.6 Å². The zero-order chi connectivity index (χ0) is 12.3. The molecule has 2 N–H and O–H groups in total. The average Bonchev–Trinajstić information content (AvgIpc) is 2.38. The van der Waals surface area contributed by atoms with Crippen LogP contribution in [0.5, 0.6) is 0 Å². The number of rotatable bonds is 3. The predicted molar refractivity (Wildman–Crippen MR) is 71.3 cm³/mol. The highest BCUT2D eigenvalue weighted by molar-refractivity contribution is 5.59. The van der Waals surface area contributed by atoms with Crippen molar-refractivity contribution in [1.82, 2.24) is 0 Å². The number of methoxy groups -OCH3 is 1. The number of nitrogens with zero attached hydrogens (tertiary/aromatic N) is 1. The van der Waals surface area contributed by atoms with Gasteiger partial charge in [0.05, 0.1) is 6.10 Å². The monoisotopic (exact) mass is 234 g/mol. The summed E-state index contributed by atoms with van der Waals surface area (Å²) in [7, 11) is 1.80. The quantitative estimate of drug-likeness (QED) is 0.870. The Labute approximate surface area is 104 Å². The molecule has 1 aromatic rings. The van der Waals surface area contributed by atoms with Gasteiger partial charge >= 0.3 is 0 Å². The Balaban J connectivity index is 2.17. The Hall–Kier alpha value is -1.06. The summed E-state index contributed by atoms with van der Waals surface area (Å²) < 4.78 is 5.41. The normalized spacial score (nSPS) is 17.5. The molecule has 1 heterocycles. The summed E-state index contributed by atoms with van der Waals surface area (Å²) in [6, 6.07) is 6.38. The van der Waals surface area contributed by atoms with Crippen LogP contribution in [0.2, 0.25) is 0 Å². The molecule has 3 nitrogen and oxygen atoms in total. The van der Waals surface area contributed by atoms with E-state index in [2.05, 4.69) is 30.0 Å². The van der Waals surface area contributed by atoms with Crippen LogP contribution in [-0.2, 0) is 11.3 Å². The number of para-hydroxylation sites is 1. The molecule has 1 aliphatic heterocycles. The lowest BCUT2D eigenvalue weighted by Crippen LogP contribution is -2.37. The Morgan fingerprint density at radius 1 is 1.35 bits per heavy atom. The first-order valence-corrected chi connectivity index (χ1v) is 6.32. The van der Waals surface area contributed by atoms with Crippen molar-refractivity contribution in [1.29, 1.82) is 0 Å². The maximum Gasteiger partial charge on any atom is 0.0605 e. The Morgan fingerprint density at radius 2 is 2.06 bits per heavy atom. The number of aryl methyl sites for hydroxylation is 1. The second kappa shape index (κ2) is 5.52. The number of ether oxygens (including phenoxy) is 1. The van der Waals surface area contributed by atoms with Gasteiger partial charge in [0.2, 0.25) is 0 Å². The van der Waals surface area contributed by atoms with E-state index in [1.807, 2.05) is 0 Å². The van der Waals surface area contributed by atoms with Gasteiger partial charge in [0.15, 0.2) is 0 Å². The summed E-state index contributed by atoms with van der Waals surface area (Å²) in [5.41, 5.74) is 9.74. The van der Waals surface area contributed by atoms with Crippen molar-refractivity contribution in [2.45, 2.75) is 32.4 Å². The van der Waals surface area contributed by atoms with E-state index in [0.29, 0.717) is 12.6 Å². The van der Waals surface area contributed by atoms with E-state index in [1.54, 1.807) is 7.11 Å². The van der Waals surface area contributed by atoms with Crippen molar-refractivity contribution < 1.29 is 4.74 Å². The van der Waals surface area contributed by atoms with Crippen LogP contribution in [0.25, 0.3) is 0 Å². The molecule has 0 atom stereocenters. The number of nitrogens with two attached hydrogens (primary N) is 1. The van der Waals surface area contributed by atoms with Crippen LogP contribution in [0, 0.1) is 6.92 Å². The van der Waals surface area contributed by atoms with Crippen molar-refractivity contribution in [3.63, 3.8) is 0 Å². The van der Waals surface area contributed by atoms with Gasteiger partial charge in [-0.15, -0.1) is 0 Å². The molecule has 0 radical (unpaired) electrons. The standard InChI is InChI=1S/C14H22N2O/c1-11-4-3-5-12(10-15)14(11)16-8-6-13(17-2)7-9-16/h3-5,13H,6-10,15H2,1-2H3. The molecule has 17 heavy (non-hydrogen) atoms. The number of hydrogen-bond acceptors (Lipinski definition) is 3.